The van der Waals surface area contributed by atoms with E-state index in [2.05, 4.69) is 11.8 Å². The molecule has 0 aromatic heterocycles. The Labute approximate surface area is 110 Å². The molecule has 0 radical (unpaired) electrons. The standard InChI is InChI=1S/C12H24N2O3S/c1-10-3-4-12(15)11(9-10)13-5-7-14(8-6-13)18(2,16)17/h10-12,15H,3-9H2,1-2H3. The van der Waals surface area contributed by atoms with Crippen LogP contribution in [0.1, 0.15) is 26.2 Å². The molecule has 106 valence electrons. The maximum atomic E-state index is 11.4. The molecule has 1 saturated carbocycles. The van der Waals surface area contributed by atoms with Crippen molar-refractivity contribution in [3.8, 4) is 0 Å². The van der Waals surface area contributed by atoms with Crippen LogP contribution in [0.5, 0.6) is 0 Å². The van der Waals surface area contributed by atoms with E-state index >= 15 is 0 Å². The first-order valence-electron chi connectivity index (χ1n) is 6.75. The summed E-state index contributed by atoms with van der Waals surface area (Å²) < 4.78 is 24.4. The Kier molecular flexibility index (Phi) is 4.31. The lowest BCUT2D eigenvalue weighted by Crippen LogP contribution is -2.55. The molecule has 2 fully saturated rings. The zero-order valence-electron chi connectivity index (χ0n) is 11.2. The molecule has 5 nitrogen and oxygen atoms in total. The van der Waals surface area contributed by atoms with E-state index in [0.29, 0.717) is 19.0 Å². The van der Waals surface area contributed by atoms with E-state index in [-0.39, 0.29) is 12.1 Å². The maximum absolute atomic E-state index is 11.4. The van der Waals surface area contributed by atoms with E-state index in [1.807, 2.05) is 0 Å². The van der Waals surface area contributed by atoms with Crippen molar-refractivity contribution in [3.05, 3.63) is 0 Å². The second-order valence-corrected chi connectivity index (χ2v) is 7.73. The van der Waals surface area contributed by atoms with Crippen molar-refractivity contribution >= 4 is 10.0 Å². The predicted molar refractivity (Wildman–Crippen MR) is 70.8 cm³/mol. The molecule has 0 aromatic rings. The van der Waals surface area contributed by atoms with Crippen molar-refractivity contribution in [3.63, 3.8) is 0 Å². The van der Waals surface area contributed by atoms with Crippen LogP contribution in [0.2, 0.25) is 0 Å². The summed E-state index contributed by atoms with van der Waals surface area (Å²) >= 11 is 0. The zero-order chi connectivity index (χ0) is 13.3. The van der Waals surface area contributed by atoms with E-state index in [0.717, 1.165) is 32.4 Å². The highest BCUT2D eigenvalue weighted by Crippen LogP contribution is 2.28. The van der Waals surface area contributed by atoms with Crippen molar-refractivity contribution in [2.75, 3.05) is 32.4 Å². The average Bonchev–Trinajstić information content (AvgIpc) is 2.31. The molecule has 3 atom stereocenters. The minimum Gasteiger partial charge on any atom is -0.391 e. The molecule has 0 amide bonds. The number of aliphatic hydroxyl groups is 1. The maximum Gasteiger partial charge on any atom is 0.211 e. The van der Waals surface area contributed by atoms with Crippen LogP contribution in [-0.2, 0) is 10.0 Å². The van der Waals surface area contributed by atoms with Gasteiger partial charge in [0.1, 0.15) is 0 Å². The zero-order valence-corrected chi connectivity index (χ0v) is 12.1. The molecule has 0 aromatic carbocycles. The van der Waals surface area contributed by atoms with E-state index < -0.39 is 10.0 Å². The van der Waals surface area contributed by atoms with Crippen LogP contribution in [0.25, 0.3) is 0 Å². The third kappa shape index (κ3) is 3.23. The van der Waals surface area contributed by atoms with Gasteiger partial charge in [0.05, 0.1) is 12.4 Å². The molecule has 0 bridgehead atoms. The third-order valence-electron chi connectivity index (χ3n) is 4.25. The van der Waals surface area contributed by atoms with E-state index in [1.165, 1.54) is 10.6 Å². The van der Waals surface area contributed by atoms with Gasteiger partial charge in [0, 0.05) is 32.2 Å². The van der Waals surface area contributed by atoms with Gasteiger partial charge in [-0.3, -0.25) is 4.90 Å². The van der Waals surface area contributed by atoms with Gasteiger partial charge in [-0.1, -0.05) is 6.92 Å². The Bertz CT molecular complexity index is 377. The highest BCUT2D eigenvalue weighted by Gasteiger charge is 2.34. The fourth-order valence-corrected chi connectivity index (χ4v) is 3.92. The van der Waals surface area contributed by atoms with Gasteiger partial charge < -0.3 is 5.11 Å². The molecule has 1 aliphatic heterocycles. The Morgan fingerprint density at radius 1 is 1.11 bits per heavy atom. The first-order valence-corrected chi connectivity index (χ1v) is 8.60. The van der Waals surface area contributed by atoms with Gasteiger partial charge in [-0.25, -0.2) is 8.42 Å². The number of nitrogens with zero attached hydrogens (tertiary/aromatic N) is 2. The molecule has 1 heterocycles. The molecule has 2 aliphatic rings. The van der Waals surface area contributed by atoms with Crippen molar-refractivity contribution in [2.45, 2.75) is 38.3 Å². The smallest absolute Gasteiger partial charge is 0.211 e. The molecule has 3 unspecified atom stereocenters. The number of rotatable bonds is 2. The van der Waals surface area contributed by atoms with Crippen LogP contribution in [0.4, 0.5) is 0 Å². The second-order valence-electron chi connectivity index (χ2n) is 5.75. The minimum absolute atomic E-state index is 0.218. The van der Waals surface area contributed by atoms with Gasteiger partial charge >= 0.3 is 0 Å². The van der Waals surface area contributed by atoms with Crippen molar-refractivity contribution in [1.29, 1.82) is 0 Å². The van der Waals surface area contributed by atoms with Crippen LogP contribution in [-0.4, -0.2) is 67.3 Å². The summed E-state index contributed by atoms with van der Waals surface area (Å²) in [6.07, 6.45) is 4.02. The predicted octanol–water partition coefficient (Wildman–Crippen LogP) is 0.113. The Hall–Kier alpha value is -0.170. The third-order valence-corrected chi connectivity index (χ3v) is 5.56. The van der Waals surface area contributed by atoms with Crippen molar-refractivity contribution in [2.24, 2.45) is 5.92 Å². The molecule has 1 aliphatic carbocycles. The molecule has 0 spiro atoms. The molecule has 18 heavy (non-hydrogen) atoms. The van der Waals surface area contributed by atoms with Gasteiger partial charge in [0.15, 0.2) is 0 Å². The van der Waals surface area contributed by atoms with Crippen LogP contribution >= 0.6 is 0 Å². The fraction of sp³-hybridized carbons (Fsp3) is 1.00. The number of hydrogen-bond donors (Lipinski definition) is 1. The van der Waals surface area contributed by atoms with Gasteiger partial charge in [-0.2, -0.15) is 4.31 Å². The number of aliphatic hydroxyl groups excluding tert-OH is 1. The van der Waals surface area contributed by atoms with Crippen LogP contribution in [0.3, 0.4) is 0 Å². The lowest BCUT2D eigenvalue weighted by Gasteiger charge is -2.43. The number of sulfonamides is 1. The molecule has 6 heteroatoms. The fourth-order valence-electron chi connectivity index (χ4n) is 3.09. The monoisotopic (exact) mass is 276 g/mol. The van der Waals surface area contributed by atoms with E-state index in [4.69, 9.17) is 0 Å². The summed E-state index contributed by atoms with van der Waals surface area (Å²) in [5.41, 5.74) is 0. The molecule has 1 saturated heterocycles. The highest BCUT2D eigenvalue weighted by molar-refractivity contribution is 7.88. The lowest BCUT2D eigenvalue weighted by molar-refractivity contribution is -0.00625. The summed E-state index contributed by atoms with van der Waals surface area (Å²) in [7, 11) is -3.06. The normalized spacial score (nSPS) is 36.7. The van der Waals surface area contributed by atoms with Gasteiger partial charge in [-0.05, 0) is 25.2 Å². The van der Waals surface area contributed by atoms with Gasteiger partial charge in [-0.15, -0.1) is 0 Å². The first kappa shape index (κ1) is 14.2. The highest BCUT2D eigenvalue weighted by atomic mass is 32.2. The quantitative estimate of drug-likeness (QED) is 0.778. The van der Waals surface area contributed by atoms with Crippen molar-refractivity contribution in [1.82, 2.24) is 9.21 Å². The SMILES string of the molecule is CC1CCC(O)C(N2CCN(S(C)(=O)=O)CC2)C1. The topological polar surface area (TPSA) is 60.9 Å². The minimum atomic E-state index is -3.06. The molecular formula is C12H24N2O3S. The van der Waals surface area contributed by atoms with Crippen LogP contribution < -0.4 is 0 Å². The van der Waals surface area contributed by atoms with Crippen LogP contribution in [0.15, 0.2) is 0 Å². The Balaban J connectivity index is 1.93. The molecule has 1 N–H and O–H groups in total. The van der Waals surface area contributed by atoms with E-state index in [1.54, 1.807) is 0 Å². The molecular weight excluding hydrogens is 252 g/mol. The molecule has 2 rings (SSSR count). The van der Waals surface area contributed by atoms with E-state index in [9.17, 15) is 13.5 Å². The van der Waals surface area contributed by atoms with Gasteiger partial charge in [0.25, 0.3) is 0 Å². The largest absolute Gasteiger partial charge is 0.391 e. The summed E-state index contributed by atoms with van der Waals surface area (Å²) in [6, 6.07) is 0.218. The summed E-state index contributed by atoms with van der Waals surface area (Å²) in [5.74, 6) is 0.659. The Morgan fingerprint density at radius 2 is 1.72 bits per heavy atom. The summed E-state index contributed by atoms with van der Waals surface area (Å²) in [6.45, 7) is 4.81. The van der Waals surface area contributed by atoms with Gasteiger partial charge in [0.2, 0.25) is 10.0 Å². The number of piperazine rings is 1. The van der Waals surface area contributed by atoms with Crippen LogP contribution in [0, 0.1) is 5.92 Å². The average molecular weight is 276 g/mol. The Morgan fingerprint density at radius 3 is 2.28 bits per heavy atom. The number of hydrogen-bond acceptors (Lipinski definition) is 4. The van der Waals surface area contributed by atoms with Crippen molar-refractivity contribution < 1.29 is 13.5 Å². The second kappa shape index (κ2) is 5.45. The first-order chi connectivity index (χ1) is 8.38. The lowest BCUT2D eigenvalue weighted by atomic mass is 9.84. The summed E-state index contributed by atoms with van der Waals surface area (Å²) in [5, 5.41) is 10.1. The summed E-state index contributed by atoms with van der Waals surface area (Å²) in [4.78, 5) is 2.27.